The van der Waals surface area contributed by atoms with Crippen molar-refractivity contribution in [3.8, 4) is 0 Å². The molecule has 5 nitrogen and oxygen atoms in total. The van der Waals surface area contributed by atoms with Crippen LogP contribution >= 0.6 is 0 Å². The van der Waals surface area contributed by atoms with E-state index in [1.807, 2.05) is 24.3 Å². The van der Waals surface area contributed by atoms with Crippen molar-refractivity contribution < 1.29 is 18.9 Å². The maximum atomic E-state index is 13.1. The molecule has 1 aliphatic heterocycles. The number of amides is 1. The summed E-state index contributed by atoms with van der Waals surface area (Å²) in [6.07, 6.45) is 0. The first-order valence-corrected chi connectivity index (χ1v) is 10.4. The van der Waals surface area contributed by atoms with Crippen LogP contribution < -0.4 is 15.1 Å². The van der Waals surface area contributed by atoms with Gasteiger partial charge < -0.3 is 15.1 Å². The summed E-state index contributed by atoms with van der Waals surface area (Å²) in [5.41, 5.74) is 2.61. The summed E-state index contributed by atoms with van der Waals surface area (Å²) in [5, 5.41) is 2.92. The number of nitrogens with zero attached hydrogens (tertiary/aromatic N) is 1. The normalized spacial score (nSPS) is 14.3. The molecule has 2 N–H and O–H groups in total. The molecule has 0 atom stereocenters. The summed E-state index contributed by atoms with van der Waals surface area (Å²) in [6, 6.07) is 22.7. The molecule has 4 rings (SSSR count). The number of carbonyl (C=O) groups is 2. The van der Waals surface area contributed by atoms with Gasteiger partial charge in [-0.1, -0.05) is 42.5 Å². The van der Waals surface area contributed by atoms with E-state index in [1.165, 1.54) is 17.0 Å². The van der Waals surface area contributed by atoms with Gasteiger partial charge in [0.15, 0.2) is 12.3 Å². The van der Waals surface area contributed by atoms with Crippen LogP contribution in [0.2, 0.25) is 0 Å². The standard InChI is InChI=1S/C25H24FN3O2/c26-20-10-12-21(13-11-20)29-16-14-28(15-17-29)18-24(30)27-23-9-5-4-8-22(23)25(31)19-6-2-1-3-7-19/h1-13H,14-18H2,(H,27,30)/p+1. The maximum absolute atomic E-state index is 13.1. The minimum atomic E-state index is -0.240. The van der Waals surface area contributed by atoms with Crippen molar-refractivity contribution in [1.82, 2.24) is 0 Å². The first-order valence-electron chi connectivity index (χ1n) is 10.4. The van der Waals surface area contributed by atoms with E-state index in [2.05, 4.69) is 10.2 Å². The third-order valence-corrected chi connectivity index (χ3v) is 5.55. The lowest BCUT2D eigenvalue weighted by atomic mass is 10.0. The van der Waals surface area contributed by atoms with Gasteiger partial charge in [0.1, 0.15) is 5.82 Å². The summed E-state index contributed by atoms with van der Waals surface area (Å²) >= 11 is 0. The van der Waals surface area contributed by atoms with Crippen LogP contribution in [0.5, 0.6) is 0 Å². The van der Waals surface area contributed by atoms with E-state index in [0.717, 1.165) is 31.9 Å². The second kappa shape index (κ2) is 9.53. The Balaban J connectivity index is 1.35. The van der Waals surface area contributed by atoms with E-state index in [-0.39, 0.29) is 17.5 Å². The fourth-order valence-corrected chi connectivity index (χ4v) is 3.87. The summed E-state index contributed by atoms with van der Waals surface area (Å²) in [4.78, 5) is 28.9. The first-order chi connectivity index (χ1) is 15.1. The predicted molar refractivity (Wildman–Crippen MR) is 119 cm³/mol. The Hall–Kier alpha value is -3.51. The number of nitrogens with one attached hydrogen (secondary N) is 2. The quantitative estimate of drug-likeness (QED) is 0.605. The van der Waals surface area contributed by atoms with E-state index in [1.54, 1.807) is 42.5 Å². The molecular formula is C25H25FN3O2+. The lowest BCUT2D eigenvalue weighted by Gasteiger charge is -2.33. The van der Waals surface area contributed by atoms with Gasteiger partial charge in [-0.05, 0) is 36.4 Å². The van der Waals surface area contributed by atoms with E-state index >= 15 is 0 Å². The summed E-state index contributed by atoms with van der Waals surface area (Å²) in [6.45, 7) is 3.57. The van der Waals surface area contributed by atoms with E-state index in [4.69, 9.17) is 0 Å². The fourth-order valence-electron chi connectivity index (χ4n) is 3.87. The molecule has 3 aromatic rings. The van der Waals surface area contributed by atoms with Crippen molar-refractivity contribution in [1.29, 1.82) is 0 Å². The number of para-hydroxylation sites is 1. The SMILES string of the molecule is O=C(C[NH+]1CCN(c2ccc(F)cc2)CC1)Nc1ccccc1C(=O)c1ccccc1. The number of halogens is 1. The smallest absolute Gasteiger partial charge is 0.279 e. The van der Waals surface area contributed by atoms with Crippen LogP contribution in [-0.2, 0) is 4.79 Å². The summed E-state index contributed by atoms with van der Waals surface area (Å²) in [5.74, 6) is -0.467. The van der Waals surface area contributed by atoms with Gasteiger partial charge >= 0.3 is 0 Å². The van der Waals surface area contributed by atoms with Crippen LogP contribution in [0.1, 0.15) is 15.9 Å². The third-order valence-electron chi connectivity index (χ3n) is 5.55. The zero-order valence-corrected chi connectivity index (χ0v) is 17.2. The van der Waals surface area contributed by atoms with Crippen molar-refractivity contribution in [3.05, 3.63) is 95.8 Å². The molecule has 1 aliphatic rings. The minimum Gasteiger partial charge on any atom is -0.360 e. The molecule has 1 fully saturated rings. The molecule has 1 amide bonds. The highest BCUT2D eigenvalue weighted by molar-refractivity contribution is 6.13. The molecule has 1 saturated heterocycles. The van der Waals surface area contributed by atoms with Gasteiger partial charge in [0.2, 0.25) is 0 Å². The molecule has 0 aliphatic carbocycles. The molecule has 0 radical (unpaired) electrons. The Kier molecular flexibility index (Phi) is 6.38. The lowest BCUT2D eigenvalue weighted by molar-refractivity contribution is -0.892. The molecular weight excluding hydrogens is 393 g/mol. The number of hydrogen-bond donors (Lipinski definition) is 2. The first kappa shape index (κ1) is 20.8. The average Bonchev–Trinajstić information content (AvgIpc) is 2.81. The van der Waals surface area contributed by atoms with Crippen molar-refractivity contribution in [2.24, 2.45) is 0 Å². The Morgan fingerprint density at radius 3 is 2.23 bits per heavy atom. The molecule has 31 heavy (non-hydrogen) atoms. The number of piperazine rings is 1. The number of anilines is 2. The highest BCUT2D eigenvalue weighted by atomic mass is 19.1. The number of carbonyl (C=O) groups excluding carboxylic acids is 2. The molecule has 3 aromatic carbocycles. The van der Waals surface area contributed by atoms with Crippen LogP contribution in [0.25, 0.3) is 0 Å². The average molecular weight is 418 g/mol. The van der Waals surface area contributed by atoms with Crippen LogP contribution in [-0.4, -0.2) is 44.4 Å². The van der Waals surface area contributed by atoms with Gasteiger partial charge in [0.25, 0.3) is 5.91 Å². The number of hydrogen-bond acceptors (Lipinski definition) is 3. The Morgan fingerprint density at radius 2 is 1.52 bits per heavy atom. The highest BCUT2D eigenvalue weighted by Gasteiger charge is 2.23. The Labute approximate surface area is 181 Å². The second-order valence-corrected chi connectivity index (χ2v) is 7.68. The highest BCUT2D eigenvalue weighted by Crippen LogP contribution is 2.19. The molecule has 0 spiro atoms. The largest absolute Gasteiger partial charge is 0.360 e. The van der Waals surface area contributed by atoms with Gasteiger partial charge in [-0.2, -0.15) is 0 Å². The number of rotatable bonds is 6. The van der Waals surface area contributed by atoms with Crippen LogP contribution in [0.4, 0.5) is 15.8 Å². The number of benzene rings is 3. The van der Waals surface area contributed by atoms with E-state index in [9.17, 15) is 14.0 Å². The number of ketones is 1. The molecule has 0 bridgehead atoms. The van der Waals surface area contributed by atoms with Crippen LogP contribution in [0, 0.1) is 5.82 Å². The minimum absolute atomic E-state index is 0.112. The van der Waals surface area contributed by atoms with Gasteiger partial charge in [0.05, 0.1) is 31.9 Å². The van der Waals surface area contributed by atoms with Crippen molar-refractivity contribution >= 4 is 23.1 Å². The van der Waals surface area contributed by atoms with Crippen LogP contribution in [0.3, 0.4) is 0 Å². The lowest BCUT2D eigenvalue weighted by Crippen LogP contribution is -3.15. The fraction of sp³-hybridized carbons (Fsp3) is 0.200. The zero-order valence-electron chi connectivity index (χ0n) is 17.2. The predicted octanol–water partition coefficient (Wildman–Crippen LogP) is 2.40. The summed E-state index contributed by atoms with van der Waals surface area (Å²) < 4.78 is 13.1. The molecule has 0 aromatic heterocycles. The van der Waals surface area contributed by atoms with Crippen molar-refractivity contribution in [3.63, 3.8) is 0 Å². The van der Waals surface area contributed by atoms with Gasteiger partial charge in [-0.25, -0.2) is 4.39 Å². The van der Waals surface area contributed by atoms with Gasteiger partial charge in [0, 0.05) is 16.8 Å². The van der Waals surface area contributed by atoms with E-state index in [0.29, 0.717) is 23.4 Å². The monoisotopic (exact) mass is 418 g/mol. The number of quaternary nitrogens is 1. The Morgan fingerprint density at radius 1 is 0.871 bits per heavy atom. The molecule has 0 unspecified atom stereocenters. The van der Waals surface area contributed by atoms with Crippen molar-refractivity contribution in [2.75, 3.05) is 42.9 Å². The third kappa shape index (κ3) is 5.16. The zero-order chi connectivity index (χ0) is 21.6. The second-order valence-electron chi connectivity index (χ2n) is 7.68. The topological polar surface area (TPSA) is 53.9 Å². The van der Waals surface area contributed by atoms with Crippen LogP contribution in [0.15, 0.2) is 78.9 Å². The molecule has 6 heteroatoms. The molecule has 1 heterocycles. The van der Waals surface area contributed by atoms with E-state index < -0.39 is 0 Å². The van der Waals surface area contributed by atoms with Gasteiger partial charge in [-0.3, -0.25) is 9.59 Å². The van der Waals surface area contributed by atoms with Gasteiger partial charge in [-0.15, -0.1) is 0 Å². The summed E-state index contributed by atoms with van der Waals surface area (Å²) in [7, 11) is 0. The molecule has 0 saturated carbocycles. The maximum Gasteiger partial charge on any atom is 0.279 e. The Bertz CT molecular complexity index is 1050. The van der Waals surface area contributed by atoms with Crippen molar-refractivity contribution in [2.45, 2.75) is 0 Å². The molecule has 158 valence electrons.